The molecule has 0 N–H and O–H groups in total. The normalized spacial score (nSPS) is 14.0. The zero-order valence-electron chi connectivity index (χ0n) is 23.4. The van der Waals surface area contributed by atoms with Gasteiger partial charge in [-0.3, -0.25) is 19.4 Å². The van der Waals surface area contributed by atoms with Crippen molar-refractivity contribution in [1.29, 1.82) is 0 Å². The number of amides is 2. The van der Waals surface area contributed by atoms with E-state index >= 15 is 0 Å². The molecule has 0 radical (unpaired) electrons. The Morgan fingerprint density at radius 2 is 1.51 bits per heavy atom. The lowest BCUT2D eigenvalue weighted by molar-refractivity contribution is 0.00921. The minimum absolute atomic E-state index is 0.198. The fourth-order valence-electron chi connectivity index (χ4n) is 5.64. The number of benzene rings is 3. The summed E-state index contributed by atoms with van der Waals surface area (Å²) in [6.07, 6.45) is 6.81. The number of carbonyl (C=O) groups excluding carboxylic acids is 3. The van der Waals surface area contributed by atoms with Crippen LogP contribution in [0.4, 0.5) is 0 Å². The molecule has 3 aromatic carbocycles. The van der Waals surface area contributed by atoms with E-state index in [9.17, 15) is 14.4 Å². The molecule has 1 aliphatic heterocycles. The van der Waals surface area contributed by atoms with E-state index in [0.29, 0.717) is 29.8 Å². The van der Waals surface area contributed by atoms with Gasteiger partial charge >= 0.3 is 0 Å². The Kier molecular flexibility index (Phi) is 6.64. The maximum Gasteiger partial charge on any atom is 0.276 e. The van der Waals surface area contributed by atoms with Crippen molar-refractivity contribution in [3.63, 3.8) is 0 Å². The molecule has 0 saturated carbocycles. The van der Waals surface area contributed by atoms with Crippen LogP contribution in [0.5, 0.6) is 5.75 Å². The molecule has 9 heteroatoms. The zero-order valence-corrected chi connectivity index (χ0v) is 23.4. The number of hydrogen-bond acceptors (Lipinski definition) is 7. The van der Waals surface area contributed by atoms with Crippen molar-refractivity contribution in [3.05, 3.63) is 120 Å². The van der Waals surface area contributed by atoms with E-state index in [1.165, 1.54) is 0 Å². The number of hydrazine groups is 1. The molecule has 2 aromatic heterocycles. The number of ketones is 1. The number of ether oxygens (including phenoxy) is 1. The molecule has 9 nitrogen and oxygen atoms in total. The Morgan fingerprint density at radius 1 is 0.791 bits per heavy atom. The Morgan fingerprint density at radius 3 is 2.23 bits per heavy atom. The molecule has 0 atom stereocenters. The number of pyridine rings is 1. The molecule has 0 spiro atoms. The first-order valence-corrected chi connectivity index (χ1v) is 14.1. The summed E-state index contributed by atoms with van der Waals surface area (Å²) in [4.78, 5) is 41.8. The highest BCUT2D eigenvalue weighted by Crippen LogP contribution is 2.35. The van der Waals surface area contributed by atoms with E-state index in [1.54, 1.807) is 48.7 Å². The van der Waals surface area contributed by atoms with Crippen LogP contribution in [0.2, 0.25) is 0 Å². The Hall–Kier alpha value is -5.41. The van der Waals surface area contributed by atoms with Gasteiger partial charge in [-0.2, -0.15) is 5.10 Å². The van der Waals surface area contributed by atoms with Crippen LogP contribution >= 0.6 is 0 Å². The van der Waals surface area contributed by atoms with E-state index in [2.05, 4.69) is 11.1 Å². The molecule has 3 heterocycles. The second kappa shape index (κ2) is 10.8. The van der Waals surface area contributed by atoms with Gasteiger partial charge in [0.2, 0.25) is 0 Å². The number of nitrogens with zero attached hydrogens (tertiary/aromatic N) is 5. The molecule has 1 aliphatic carbocycles. The zero-order chi connectivity index (χ0) is 29.5. The minimum atomic E-state index is -0.328. The quantitative estimate of drug-likeness (QED) is 0.235. The third kappa shape index (κ3) is 4.79. The summed E-state index contributed by atoms with van der Waals surface area (Å²) in [5, 5.41) is 7.67. The Balaban J connectivity index is 1.07. The number of aryl methyl sites for hydroxylation is 1. The minimum Gasteiger partial charge on any atom is -0.492 e. The summed E-state index contributed by atoms with van der Waals surface area (Å²) in [5.41, 5.74) is 7.31. The maximum absolute atomic E-state index is 12.7. The monoisotopic (exact) mass is 569 g/mol. The molecule has 0 fully saturated rings. The van der Waals surface area contributed by atoms with E-state index in [1.807, 2.05) is 59.4 Å². The van der Waals surface area contributed by atoms with E-state index < -0.39 is 0 Å². The SMILES string of the molecule is CN(CCOc1ccc(-n2cc(-c3ccc4c(c3)CCC4=O)c(-c3ccncc3)n2)cc1)N1C(=O)c2ccccc2C1=O. The predicted molar refractivity (Wildman–Crippen MR) is 160 cm³/mol. The van der Waals surface area contributed by atoms with Gasteiger partial charge in [0.05, 0.1) is 23.4 Å². The molecule has 43 heavy (non-hydrogen) atoms. The number of hydrogen-bond donors (Lipinski definition) is 0. The summed E-state index contributed by atoms with van der Waals surface area (Å²) in [6.45, 7) is 0.625. The lowest BCUT2D eigenvalue weighted by Crippen LogP contribution is -2.45. The van der Waals surface area contributed by atoms with Crippen LogP contribution in [-0.4, -0.2) is 62.6 Å². The largest absolute Gasteiger partial charge is 0.492 e. The summed E-state index contributed by atoms with van der Waals surface area (Å²) < 4.78 is 7.78. The van der Waals surface area contributed by atoms with Crippen molar-refractivity contribution < 1.29 is 19.1 Å². The first-order chi connectivity index (χ1) is 21.0. The first-order valence-electron chi connectivity index (χ1n) is 14.1. The molecular weight excluding hydrogens is 542 g/mol. The fourth-order valence-corrected chi connectivity index (χ4v) is 5.64. The second-order valence-electron chi connectivity index (χ2n) is 10.6. The number of carbonyl (C=O) groups is 3. The van der Waals surface area contributed by atoms with Crippen molar-refractivity contribution >= 4 is 17.6 Å². The van der Waals surface area contributed by atoms with Crippen molar-refractivity contribution in [2.24, 2.45) is 0 Å². The lowest BCUT2D eigenvalue weighted by Gasteiger charge is -2.25. The van der Waals surface area contributed by atoms with Gasteiger partial charge in [-0.15, -0.1) is 0 Å². The lowest BCUT2D eigenvalue weighted by atomic mass is 9.98. The van der Waals surface area contributed by atoms with Crippen molar-refractivity contribution in [2.75, 3.05) is 20.2 Å². The molecule has 5 aromatic rings. The van der Waals surface area contributed by atoms with Crippen LogP contribution in [-0.2, 0) is 6.42 Å². The highest BCUT2D eigenvalue weighted by Gasteiger charge is 2.37. The molecule has 2 amide bonds. The molecule has 0 bridgehead atoms. The molecule has 212 valence electrons. The number of Topliss-reactive ketones (excluding diaryl/α,β-unsaturated/α-hetero) is 1. The average molecular weight is 570 g/mol. The van der Waals surface area contributed by atoms with E-state index in [0.717, 1.165) is 50.6 Å². The Bertz CT molecular complexity index is 1850. The third-order valence-electron chi connectivity index (χ3n) is 7.90. The number of fused-ring (bicyclic) bond motifs is 2. The van der Waals surface area contributed by atoms with Crippen LogP contribution in [0, 0.1) is 0 Å². The average Bonchev–Trinajstić information content (AvgIpc) is 3.72. The van der Waals surface area contributed by atoms with Gasteiger partial charge < -0.3 is 4.74 Å². The van der Waals surface area contributed by atoms with Crippen molar-refractivity contribution in [1.82, 2.24) is 24.8 Å². The number of rotatable bonds is 8. The number of aromatic nitrogens is 3. The van der Waals surface area contributed by atoms with Gasteiger partial charge in [-0.25, -0.2) is 14.7 Å². The van der Waals surface area contributed by atoms with E-state index in [4.69, 9.17) is 9.84 Å². The van der Waals surface area contributed by atoms with Crippen LogP contribution in [0.25, 0.3) is 28.1 Å². The third-order valence-corrected chi connectivity index (χ3v) is 7.90. The van der Waals surface area contributed by atoms with Crippen LogP contribution in [0.1, 0.15) is 43.1 Å². The maximum atomic E-state index is 12.7. The highest BCUT2D eigenvalue weighted by atomic mass is 16.5. The van der Waals surface area contributed by atoms with Gasteiger partial charge in [-0.05, 0) is 66.1 Å². The predicted octanol–water partition coefficient (Wildman–Crippen LogP) is 5.25. The summed E-state index contributed by atoms with van der Waals surface area (Å²) in [5.74, 6) is 0.199. The summed E-state index contributed by atoms with van der Waals surface area (Å²) in [7, 11) is 1.70. The fraction of sp³-hybridized carbons (Fsp3) is 0.147. The summed E-state index contributed by atoms with van der Waals surface area (Å²) in [6, 6.07) is 24.3. The van der Waals surface area contributed by atoms with Gasteiger partial charge in [0.1, 0.15) is 18.1 Å². The van der Waals surface area contributed by atoms with Gasteiger partial charge in [0.25, 0.3) is 11.8 Å². The van der Waals surface area contributed by atoms with Gasteiger partial charge in [-0.1, -0.05) is 30.3 Å². The van der Waals surface area contributed by atoms with Crippen molar-refractivity contribution in [3.8, 4) is 33.8 Å². The highest BCUT2D eigenvalue weighted by molar-refractivity contribution is 6.20. The van der Waals surface area contributed by atoms with Crippen LogP contribution in [0.15, 0.2) is 97.5 Å². The smallest absolute Gasteiger partial charge is 0.276 e. The standard InChI is InChI=1S/C34H27N5O4/c1-37(39-33(41)28-4-2-3-5-29(28)34(39)42)18-19-43-26-10-8-25(9-11-26)38-21-30(32(36-38)22-14-16-35-17-15-22)24-6-12-27-23(20-24)7-13-31(27)40/h2-6,8-12,14-17,20-21H,7,13,18-19H2,1H3. The molecule has 0 saturated heterocycles. The molecular formula is C34H27N5O4. The molecule has 2 aliphatic rings. The number of likely N-dealkylation sites (N-methyl/N-ethyl adjacent to an activating group) is 1. The van der Waals surface area contributed by atoms with Gasteiger partial charge in [0.15, 0.2) is 5.78 Å². The number of imide groups is 1. The van der Waals surface area contributed by atoms with Crippen LogP contribution < -0.4 is 4.74 Å². The van der Waals surface area contributed by atoms with Gasteiger partial charge in [0, 0.05) is 48.7 Å². The molecule has 0 unspecified atom stereocenters. The topological polar surface area (TPSA) is 97.6 Å². The Labute approximate surface area is 247 Å². The second-order valence-corrected chi connectivity index (χ2v) is 10.6. The molecule has 7 rings (SSSR count). The van der Waals surface area contributed by atoms with Crippen molar-refractivity contribution in [2.45, 2.75) is 12.8 Å². The first kappa shape index (κ1) is 26.5. The van der Waals surface area contributed by atoms with E-state index in [-0.39, 0.29) is 24.2 Å². The van der Waals surface area contributed by atoms with Crippen LogP contribution in [0.3, 0.4) is 0 Å². The summed E-state index contributed by atoms with van der Waals surface area (Å²) >= 11 is 0.